The van der Waals surface area contributed by atoms with E-state index in [4.69, 9.17) is 44.6 Å². The van der Waals surface area contributed by atoms with E-state index in [0.29, 0.717) is 56.2 Å². The summed E-state index contributed by atoms with van der Waals surface area (Å²) in [5, 5.41) is 6.82. The number of amides is 1. The molecule has 0 aliphatic carbocycles. The Hall–Kier alpha value is -3.91. The SMILES string of the molecule is O=C(NC(=S)Nc1ccc(Cl)c(-c2nc3cc(Cl)ccc3o2)c1)c1cccc(OCc2ccccc2)c1. The van der Waals surface area contributed by atoms with E-state index in [0.717, 1.165) is 5.56 Å². The summed E-state index contributed by atoms with van der Waals surface area (Å²) in [6.07, 6.45) is 0. The molecule has 4 aromatic carbocycles. The maximum absolute atomic E-state index is 12.8. The fourth-order valence-corrected chi connectivity index (χ4v) is 4.16. The van der Waals surface area contributed by atoms with Gasteiger partial charge in [0.2, 0.25) is 5.89 Å². The molecule has 0 bridgehead atoms. The van der Waals surface area contributed by atoms with Crippen LogP contribution in [0.1, 0.15) is 15.9 Å². The van der Waals surface area contributed by atoms with Crippen LogP contribution in [-0.4, -0.2) is 16.0 Å². The first-order valence-corrected chi connectivity index (χ1v) is 12.4. The zero-order valence-corrected chi connectivity index (χ0v) is 21.5. The highest BCUT2D eigenvalue weighted by atomic mass is 35.5. The van der Waals surface area contributed by atoms with E-state index in [1.807, 2.05) is 30.3 Å². The lowest BCUT2D eigenvalue weighted by molar-refractivity contribution is 0.0977. The van der Waals surface area contributed by atoms with Gasteiger partial charge in [-0.05, 0) is 72.4 Å². The zero-order chi connectivity index (χ0) is 25.8. The average Bonchev–Trinajstić information content (AvgIpc) is 3.32. The van der Waals surface area contributed by atoms with Crippen molar-refractivity contribution >= 4 is 63.2 Å². The van der Waals surface area contributed by atoms with Gasteiger partial charge in [-0.3, -0.25) is 10.1 Å². The number of oxazole rings is 1. The van der Waals surface area contributed by atoms with E-state index >= 15 is 0 Å². The standard InChI is InChI=1S/C28H19Cl2N3O3S/c29-19-9-12-25-24(14-19)32-27(36-25)22-15-20(10-11-23(22)30)31-28(37)33-26(34)18-7-4-8-21(13-18)35-16-17-5-2-1-3-6-17/h1-15H,16H2,(H2,31,33,34,37). The third kappa shape index (κ3) is 6.09. The topological polar surface area (TPSA) is 76.4 Å². The van der Waals surface area contributed by atoms with E-state index < -0.39 is 0 Å². The molecule has 5 rings (SSSR count). The first-order chi connectivity index (χ1) is 17.9. The Kier molecular flexibility index (Phi) is 7.37. The second-order valence-corrected chi connectivity index (χ2v) is 9.29. The summed E-state index contributed by atoms with van der Waals surface area (Å²) >= 11 is 17.8. The molecule has 0 aliphatic rings. The number of ether oxygens (including phenoxy) is 1. The molecule has 0 saturated carbocycles. The summed E-state index contributed by atoms with van der Waals surface area (Å²) in [6.45, 7) is 0.401. The third-order valence-corrected chi connectivity index (χ3v) is 6.14. The molecule has 0 saturated heterocycles. The minimum Gasteiger partial charge on any atom is -0.489 e. The third-order valence-electron chi connectivity index (χ3n) is 5.38. The second kappa shape index (κ2) is 11.0. The predicted octanol–water partition coefficient (Wildman–Crippen LogP) is 7.51. The van der Waals surface area contributed by atoms with E-state index in [9.17, 15) is 4.79 Å². The van der Waals surface area contributed by atoms with Crippen LogP contribution in [0.4, 0.5) is 5.69 Å². The van der Waals surface area contributed by atoms with Gasteiger partial charge in [0.1, 0.15) is 17.9 Å². The van der Waals surface area contributed by atoms with Gasteiger partial charge in [0.15, 0.2) is 10.7 Å². The average molecular weight is 548 g/mol. The zero-order valence-electron chi connectivity index (χ0n) is 19.2. The van der Waals surface area contributed by atoms with E-state index in [2.05, 4.69) is 15.6 Å². The summed E-state index contributed by atoms with van der Waals surface area (Å²) < 4.78 is 11.7. The van der Waals surface area contributed by atoms with Crippen molar-refractivity contribution in [2.75, 3.05) is 5.32 Å². The maximum atomic E-state index is 12.8. The molecular formula is C28H19Cl2N3O3S. The molecule has 1 heterocycles. The monoisotopic (exact) mass is 547 g/mol. The van der Waals surface area contributed by atoms with Gasteiger partial charge in [-0.15, -0.1) is 0 Å². The summed E-state index contributed by atoms with van der Waals surface area (Å²) in [5.41, 5.74) is 3.82. The number of anilines is 1. The number of rotatable bonds is 6. The van der Waals surface area contributed by atoms with Crippen molar-refractivity contribution in [3.05, 3.63) is 112 Å². The van der Waals surface area contributed by atoms with Crippen molar-refractivity contribution in [1.82, 2.24) is 10.3 Å². The van der Waals surface area contributed by atoms with Crippen molar-refractivity contribution in [1.29, 1.82) is 0 Å². The lowest BCUT2D eigenvalue weighted by Gasteiger charge is -2.12. The first kappa shape index (κ1) is 24.8. The van der Waals surface area contributed by atoms with Gasteiger partial charge in [0.05, 0.1) is 10.6 Å². The van der Waals surface area contributed by atoms with Crippen LogP contribution in [0.3, 0.4) is 0 Å². The molecule has 184 valence electrons. The second-order valence-electron chi connectivity index (χ2n) is 8.04. The maximum Gasteiger partial charge on any atom is 0.257 e. The van der Waals surface area contributed by atoms with E-state index in [1.54, 1.807) is 60.7 Å². The Bertz CT molecular complexity index is 1610. The van der Waals surface area contributed by atoms with Crippen LogP contribution in [0.5, 0.6) is 5.75 Å². The fraction of sp³-hybridized carbons (Fsp3) is 0.0357. The molecule has 6 nitrogen and oxygen atoms in total. The summed E-state index contributed by atoms with van der Waals surface area (Å²) in [4.78, 5) is 17.3. The minimum absolute atomic E-state index is 0.123. The highest BCUT2D eigenvalue weighted by Crippen LogP contribution is 2.33. The molecule has 37 heavy (non-hydrogen) atoms. The van der Waals surface area contributed by atoms with Crippen LogP contribution >= 0.6 is 35.4 Å². The molecule has 0 radical (unpaired) electrons. The Morgan fingerprint density at radius 3 is 2.62 bits per heavy atom. The molecule has 0 unspecified atom stereocenters. The molecule has 0 fully saturated rings. The Balaban J connectivity index is 1.25. The molecule has 9 heteroatoms. The number of benzene rings is 4. The molecule has 0 spiro atoms. The van der Waals surface area contributed by atoms with E-state index in [1.165, 1.54) is 0 Å². The van der Waals surface area contributed by atoms with Gasteiger partial charge in [-0.1, -0.05) is 59.6 Å². The van der Waals surface area contributed by atoms with E-state index in [-0.39, 0.29) is 11.0 Å². The number of nitrogens with one attached hydrogen (secondary N) is 2. The number of hydrogen-bond acceptors (Lipinski definition) is 5. The molecule has 0 atom stereocenters. The lowest BCUT2D eigenvalue weighted by Crippen LogP contribution is -2.34. The van der Waals surface area contributed by atoms with Crippen molar-refractivity contribution in [2.24, 2.45) is 0 Å². The minimum atomic E-state index is -0.368. The Labute approximate surface area is 228 Å². The van der Waals surface area contributed by atoms with Gasteiger partial charge in [-0.25, -0.2) is 4.98 Å². The number of carbonyl (C=O) groups excluding carboxylic acids is 1. The van der Waals surface area contributed by atoms with Gasteiger partial charge in [0.25, 0.3) is 5.91 Å². The smallest absolute Gasteiger partial charge is 0.257 e. The molecule has 1 aromatic heterocycles. The molecule has 5 aromatic rings. The number of fused-ring (bicyclic) bond motifs is 1. The summed E-state index contributed by atoms with van der Waals surface area (Å²) in [6, 6.07) is 27.1. The van der Waals surface area contributed by atoms with Gasteiger partial charge in [-0.2, -0.15) is 0 Å². The van der Waals surface area contributed by atoms with Gasteiger partial charge < -0.3 is 14.5 Å². The van der Waals surface area contributed by atoms with Crippen LogP contribution < -0.4 is 15.4 Å². The molecule has 0 aliphatic heterocycles. The Morgan fingerprint density at radius 2 is 1.78 bits per heavy atom. The summed E-state index contributed by atoms with van der Waals surface area (Å²) in [7, 11) is 0. The number of carbonyl (C=O) groups is 1. The van der Waals surface area contributed by atoms with Crippen LogP contribution in [0.15, 0.2) is 95.4 Å². The number of thiocarbonyl (C=S) groups is 1. The van der Waals surface area contributed by atoms with Crippen molar-refractivity contribution < 1.29 is 13.9 Å². The number of halogens is 2. The highest BCUT2D eigenvalue weighted by Gasteiger charge is 2.14. The fourth-order valence-electron chi connectivity index (χ4n) is 3.59. The Morgan fingerprint density at radius 1 is 0.946 bits per heavy atom. The largest absolute Gasteiger partial charge is 0.489 e. The van der Waals surface area contributed by atoms with Gasteiger partial charge >= 0.3 is 0 Å². The lowest BCUT2D eigenvalue weighted by atomic mass is 10.2. The number of aromatic nitrogens is 1. The first-order valence-electron chi connectivity index (χ1n) is 11.2. The number of nitrogens with zero attached hydrogens (tertiary/aromatic N) is 1. The quantitative estimate of drug-likeness (QED) is 0.214. The van der Waals surface area contributed by atoms with Crippen LogP contribution in [0.25, 0.3) is 22.6 Å². The molecular weight excluding hydrogens is 529 g/mol. The molecule has 2 N–H and O–H groups in total. The van der Waals surface area contributed by atoms with Crippen molar-refractivity contribution in [3.8, 4) is 17.2 Å². The normalized spacial score (nSPS) is 10.8. The van der Waals surface area contributed by atoms with Crippen LogP contribution in [-0.2, 0) is 6.61 Å². The highest BCUT2D eigenvalue weighted by molar-refractivity contribution is 7.80. The van der Waals surface area contributed by atoms with Crippen LogP contribution in [0, 0.1) is 0 Å². The van der Waals surface area contributed by atoms with Crippen LogP contribution in [0.2, 0.25) is 10.0 Å². The van der Waals surface area contributed by atoms with Crippen molar-refractivity contribution in [2.45, 2.75) is 6.61 Å². The van der Waals surface area contributed by atoms with Crippen molar-refractivity contribution in [3.63, 3.8) is 0 Å². The molecule has 1 amide bonds. The van der Waals surface area contributed by atoms with Gasteiger partial charge in [0, 0.05) is 16.3 Å². The predicted molar refractivity (Wildman–Crippen MR) is 150 cm³/mol. The summed E-state index contributed by atoms with van der Waals surface area (Å²) in [5.74, 6) is 0.554. The number of hydrogen-bond donors (Lipinski definition) is 2.